The molecule has 0 spiro atoms. The fourth-order valence-electron chi connectivity index (χ4n) is 1.29. The van der Waals surface area contributed by atoms with Crippen LogP contribution in [0.1, 0.15) is 0 Å². The van der Waals surface area contributed by atoms with E-state index >= 15 is 0 Å². The van der Waals surface area contributed by atoms with Crippen molar-refractivity contribution < 1.29 is 31.1 Å². The molecule has 0 bridgehead atoms. The maximum absolute atomic E-state index is 13.4. The van der Waals surface area contributed by atoms with E-state index in [4.69, 9.17) is 0 Å². The average molecular weight is 269 g/mol. The molecule has 18 heavy (non-hydrogen) atoms. The zero-order valence-electron chi connectivity index (χ0n) is 9.14. The molecule has 0 aliphatic carbocycles. The molecule has 1 rings (SSSR count). The van der Waals surface area contributed by atoms with Crippen LogP contribution >= 0.6 is 0 Å². The molecule has 1 aromatic carbocycles. The molecular weight excluding hydrogens is 261 g/mol. The summed E-state index contributed by atoms with van der Waals surface area (Å²) in [4.78, 5) is 0. The van der Waals surface area contributed by atoms with Gasteiger partial charge < -0.3 is 4.74 Å². The molecule has 0 aliphatic rings. The van der Waals surface area contributed by atoms with Gasteiger partial charge in [-0.3, -0.25) is 0 Å². The highest BCUT2D eigenvalue weighted by Crippen LogP contribution is 2.45. The van der Waals surface area contributed by atoms with Crippen molar-refractivity contribution >= 4 is 12.7 Å². The fourth-order valence-corrected chi connectivity index (χ4v) is 1.29. The molecule has 0 heterocycles. The highest BCUT2D eigenvalue weighted by atomic mass is 19.4. The van der Waals surface area contributed by atoms with Gasteiger partial charge in [0.15, 0.2) is 0 Å². The molecule has 0 aliphatic heterocycles. The van der Waals surface area contributed by atoms with Gasteiger partial charge in [0.1, 0.15) is 0 Å². The van der Waals surface area contributed by atoms with Gasteiger partial charge in [0.25, 0.3) is 13.1 Å². The lowest BCUT2D eigenvalue weighted by Crippen LogP contribution is -2.61. The molecule has 1 unspecified atom stereocenters. The Balaban J connectivity index is 3.05. The lowest BCUT2D eigenvalue weighted by atomic mass is 9.61. The molecule has 0 amide bonds. The molecule has 0 fully saturated rings. The van der Waals surface area contributed by atoms with Gasteiger partial charge >= 0.3 is 12.0 Å². The Morgan fingerprint density at radius 2 is 1.44 bits per heavy atom. The number of hydrogen-bond acceptors (Lipinski definition) is 1. The summed E-state index contributed by atoms with van der Waals surface area (Å²) in [6, 6.07) is 6.41. The smallest absolute Gasteiger partial charge is 0.338 e. The van der Waals surface area contributed by atoms with Gasteiger partial charge in [-0.2, -0.15) is 17.6 Å². The SMILES string of the molecule is COC(F)(C(F)(F)F)C(F)(F)[B]c1ccccc1. The van der Waals surface area contributed by atoms with Crippen molar-refractivity contribution in [1.29, 1.82) is 0 Å². The highest BCUT2D eigenvalue weighted by Gasteiger charge is 2.71. The van der Waals surface area contributed by atoms with E-state index in [2.05, 4.69) is 4.74 Å². The number of ether oxygens (including phenoxy) is 1. The number of methoxy groups -OCH3 is 1. The highest BCUT2D eigenvalue weighted by molar-refractivity contribution is 6.56. The second-order valence-electron chi connectivity index (χ2n) is 3.48. The predicted octanol–water partition coefficient (Wildman–Crippen LogP) is 2.48. The third-order valence-electron chi connectivity index (χ3n) is 2.22. The van der Waals surface area contributed by atoms with Crippen LogP contribution in [0.2, 0.25) is 0 Å². The average Bonchev–Trinajstić information content (AvgIpc) is 2.26. The van der Waals surface area contributed by atoms with Crippen LogP contribution in [0.5, 0.6) is 0 Å². The predicted molar refractivity (Wildman–Crippen MR) is 53.7 cm³/mol. The minimum atomic E-state index is -5.85. The van der Waals surface area contributed by atoms with E-state index in [0.29, 0.717) is 0 Å². The molecule has 8 heteroatoms. The Morgan fingerprint density at radius 1 is 0.944 bits per heavy atom. The van der Waals surface area contributed by atoms with Crippen molar-refractivity contribution in [3.05, 3.63) is 30.3 Å². The Labute approximate surface area is 100.0 Å². The Morgan fingerprint density at radius 3 is 1.83 bits per heavy atom. The summed E-state index contributed by atoms with van der Waals surface area (Å²) in [6.45, 7) is 0. The van der Waals surface area contributed by atoms with Crippen LogP contribution in [0.25, 0.3) is 0 Å². The summed E-state index contributed by atoms with van der Waals surface area (Å²) < 4.78 is 80.4. The van der Waals surface area contributed by atoms with Gasteiger partial charge in [-0.25, -0.2) is 8.78 Å². The van der Waals surface area contributed by atoms with E-state index in [1.54, 1.807) is 0 Å². The van der Waals surface area contributed by atoms with Crippen LogP contribution in [-0.2, 0) is 4.74 Å². The fraction of sp³-hybridized carbons (Fsp3) is 0.400. The third-order valence-corrected chi connectivity index (χ3v) is 2.22. The van der Waals surface area contributed by atoms with E-state index < -0.39 is 17.9 Å². The normalized spacial score (nSPS) is 16.2. The lowest BCUT2D eigenvalue weighted by molar-refractivity contribution is -0.373. The van der Waals surface area contributed by atoms with Crippen LogP contribution < -0.4 is 5.46 Å². The zero-order valence-corrected chi connectivity index (χ0v) is 9.14. The van der Waals surface area contributed by atoms with Gasteiger partial charge in [-0.1, -0.05) is 35.8 Å². The Kier molecular flexibility index (Phi) is 4.00. The number of halogens is 6. The first kappa shape index (κ1) is 14.9. The first-order chi connectivity index (χ1) is 8.14. The Hall–Kier alpha value is -1.18. The molecule has 1 aromatic rings. The van der Waals surface area contributed by atoms with E-state index in [-0.39, 0.29) is 19.9 Å². The van der Waals surface area contributed by atoms with Gasteiger partial charge in [-0.15, -0.1) is 0 Å². The standard InChI is InChI=1S/C10H8BF6O/c1-18-8(12,10(15,16)17)9(13,14)11-7-5-3-2-4-6-7/h2-6H,1H3. The molecular formula is C10H8BF6O. The molecule has 1 atom stereocenters. The van der Waals surface area contributed by atoms with Crippen molar-refractivity contribution in [3.8, 4) is 0 Å². The first-order valence-corrected chi connectivity index (χ1v) is 4.73. The van der Waals surface area contributed by atoms with Gasteiger partial charge in [-0.05, 0) is 0 Å². The summed E-state index contributed by atoms with van der Waals surface area (Å²) in [6.07, 6.45) is -5.85. The quantitative estimate of drug-likeness (QED) is 0.602. The monoisotopic (exact) mass is 269 g/mol. The summed E-state index contributed by atoms with van der Waals surface area (Å²) in [5, 5.41) is 0. The first-order valence-electron chi connectivity index (χ1n) is 4.73. The van der Waals surface area contributed by atoms with Crippen molar-refractivity contribution in [2.45, 2.75) is 17.9 Å². The van der Waals surface area contributed by atoms with Gasteiger partial charge in [0.05, 0.1) is 0 Å². The van der Waals surface area contributed by atoms with E-state index in [9.17, 15) is 26.3 Å². The number of rotatable bonds is 4. The molecule has 1 nitrogen and oxygen atoms in total. The molecule has 0 saturated heterocycles. The summed E-state index contributed by atoms with van der Waals surface area (Å²) in [5.41, 5.74) is -0.245. The van der Waals surface area contributed by atoms with E-state index in [1.807, 2.05) is 0 Å². The van der Waals surface area contributed by atoms with E-state index in [0.717, 1.165) is 12.1 Å². The van der Waals surface area contributed by atoms with E-state index in [1.165, 1.54) is 18.2 Å². The maximum Gasteiger partial charge on any atom is 0.453 e. The molecule has 1 radical (unpaired) electrons. The second kappa shape index (κ2) is 4.83. The molecule has 99 valence electrons. The summed E-state index contributed by atoms with van der Waals surface area (Å²) in [7, 11) is 0.115. The lowest BCUT2D eigenvalue weighted by Gasteiger charge is -2.33. The van der Waals surface area contributed by atoms with Gasteiger partial charge in [0, 0.05) is 7.11 Å². The Bertz CT molecular complexity index is 393. The van der Waals surface area contributed by atoms with Crippen molar-refractivity contribution in [1.82, 2.24) is 0 Å². The maximum atomic E-state index is 13.4. The summed E-state index contributed by atoms with van der Waals surface area (Å²) >= 11 is 0. The van der Waals surface area contributed by atoms with Crippen LogP contribution in [0.4, 0.5) is 26.3 Å². The number of benzene rings is 1. The van der Waals surface area contributed by atoms with Crippen LogP contribution in [0.15, 0.2) is 30.3 Å². The topological polar surface area (TPSA) is 9.23 Å². The minimum absolute atomic E-state index is 0.121. The minimum Gasteiger partial charge on any atom is -0.338 e. The van der Waals surface area contributed by atoms with Crippen molar-refractivity contribution in [2.24, 2.45) is 0 Å². The largest absolute Gasteiger partial charge is 0.453 e. The third kappa shape index (κ3) is 2.63. The van der Waals surface area contributed by atoms with Crippen molar-refractivity contribution in [2.75, 3.05) is 7.11 Å². The molecule has 0 aromatic heterocycles. The zero-order chi connectivity index (χ0) is 14.0. The second-order valence-corrected chi connectivity index (χ2v) is 3.48. The summed E-state index contributed by atoms with van der Waals surface area (Å²) in [5.74, 6) is -9.91. The van der Waals surface area contributed by atoms with Crippen LogP contribution in [0, 0.1) is 0 Å². The molecule has 0 N–H and O–H groups in total. The number of alkyl halides is 6. The van der Waals surface area contributed by atoms with Gasteiger partial charge in [0.2, 0.25) is 0 Å². The van der Waals surface area contributed by atoms with Crippen LogP contribution in [-0.4, -0.2) is 32.2 Å². The van der Waals surface area contributed by atoms with Crippen LogP contribution in [0.3, 0.4) is 0 Å². The number of hydrogen-bond donors (Lipinski definition) is 0. The van der Waals surface area contributed by atoms with Crippen molar-refractivity contribution in [3.63, 3.8) is 0 Å². The molecule has 0 saturated carbocycles.